The SMILES string of the molecule is COc1cccc(N2CCN(C[C@@H](O)c3ccc4c(c3)CCCN4S(C)(=O)=O)CC2)c1. The highest BCUT2D eigenvalue weighted by molar-refractivity contribution is 7.92. The monoisotopic (exact) mass is 445 g/mol. The first-order valence-electron chi connectivity index (χ1n) is 10.7. The summed E-state index contributed by atoms with van der Waals surface area (Å²) < 4.78 is 30.9. The van der Waals surface area contributed by atoms with E-state index < -0.39 is 16.1 Å². The standard InChI is InChI=1S/C23H31N3O4S/c1-30-21-7-3-6-20(16-21)25-13-11-24(12-14-25)17-23(27)19-8-9-22-18(15-19)5-4-10-26(22)31(2,28)29/h3,6-9,15-16,23,27H,4-5,10-14,17H2,1-2H3/t23-/m1/s1. The molecule has 0 aliphatic carbocycles. The van der Waals surface area contributed by atoms with Crippen LogP contribution in [0.25, 0.3) is 0 Å². The topological polar surface area (TPSA) is 73.3 Å². The van der Waals surface area contributed by atoms with Gasteiger partial charge in [-0.1, -0.05) is 18.2 Å². The quantitative estimate of drug-likeness (QED) is 0.735. The molecule has 7 nitrogen and oxygen atoms in total. The minimum absolute atomic E-state index is 0.519. The predicted octanol–water partition coefficient (Wildman–Crippen LogP) is 2.26. The molecule has 2 aromatic carbocycles. The van der Waals surface area contributed by atoms with Crippen molar-refractivity contribution in [1.29, 1.82) is 0 Å². The molecule has 0 unspecified atom stereocenters. The number of sulfonamides is 1. The summed E-state index contributed by atoms with van der Waals surface area (Å²) in [5, 5.41) is 10.8. The van der Waals surface area contributed by atoms with E-state index in [9.17, 15) is 13.5 Å². The Morgan fingerprint density at radius 1 is 1.06 bits per heavy atom. The van der Waals surface area contributed by atoms with Crippen LogP contribution in [0.1, 0.15) is 23.7 Å². The van der Waals surface area contributed by atoms with E-state index in [1.54, 1.807) is 7.11 Å². The smallest absolute Gasteiger partial charge is 0.232 e. The van der Waals surface area contributed by atoms with Crippen LogP contribution in [0.2, 0.25) is 0 Å². The van der Waals surface area contributed by atoms with Gasteiger partial charge in [0.25, 0.3) is 0 Å². The maximum atomic E-state index is 12.1. The lowest BCUT2D eigenvalue weighted by atomic mass is 9.98. The Bertz CT molecular complexity index is 1020. The van der Waals surface area contributed by atoms with Gasteiger partial charge in [-0.25, -0.2) is 8.42 Å². The van der Waals surface area contributed by atoms with Crippen LogP contribution in [-0.4, -0.2) is 71.1 Å². The maximum absolute atomic E-state index is 12.1. The van der Waals surface area contributed by atoms with E-state index >= 15 is 0 Å². The minimum Gasteiger partial charge on any atom is -0.497 e. The Kier molecular flexibility index (Phi) is 6.41. The molecule has 0 saturated carbocycles. The molecule has 0 radical (unpaired) electrons. The highest BCUT2D eigenvalue weighted by Crippen LogP contribution is 2.32. The largest absolute Gasteiger partial charge is 0.497 e. The van der Waals surface area contributed by atoms with Gasteiger partial charge in [-0.3, -0.25) is 9.21 Å². The van der Waals surface area contributed by atoms with Crippen molar-refractivity contribution < 1.29 is 18.3 Å². The maximum Gasteiger partial charge on any atom is 0.232 e. The summed E-state index contributed by atoms with van der Waals surface area (Å²) in [5.74, 6) is 0.859. The van der Waals surface area contributed by atoms with Crippen LogP contribution in [-0.2, 0) is 16.4 Å². The van der Waals surface area contributed by atoms with Gasteiger partial charge in [-0.05, 0) is 42.2 Å². The zero-order chi connectivity index (χ0) is 22.0. The summed E-state index contributed by atoms with van der Waals surface area (Å²) in [4.78, 5) is 4.62. The van der Waals surface area contributed by atoms with Crippen molar-refractivity contribution in [3.8, 4) is 5.75 Å². The summed E-state index contributed by atoms with van der Waals surface area (Å²) in [6, 6.07) is 13.8. The van der Waals surface area contributed by atoms with E-state index in [0.29, 0.717) is 13.1 Å². The number of aryl methyl sites for hydroxylation is 1. The molecular weight excluding hydrogens is 414 g/mol. The zero-order valence-electron chi connectivity index (χ0n) is 18.2. The Balaban J connectivity index is 1.38. The van der Waals surface area contributed by atoms with E-state index in [2.05, 4.69) is 21.9 Å². The Labute approximate surface area is 184 Å². The number of aliphatic hydroxyl groups excluding tert-OH is 1. The van der Waals surface area contributed by atoms with Crippen LogP contribution in [0.15, 0.2) is 42.5 Å². The fourth-order valence-electron chi connectivity index (χ4n) is 4.48. The van der Waals surface area contributed by atoms with E-state index in [1.807, 2.05) is 30.3 Å². The molecule has 0 bridgehead atoms. The summed E-state index contributed by atoms with van der Waals surface area (Å²) in [5.41, 5.74) is 3.75. The molecule has 8 heteroatoms. The number of piperazine rings is 1. The molecule has 168 valence electrons. The first-order chi connectivity index (χ1) is 14.8. The van der Waals surface area contributed by atoms with Gasteiger partial charge in [-0.2, -0.15) is 0 Å². The first kappa shape index (κ1) is 21.9. The molecule has 2 aromatic rings. The number of fused-ring (bicyclic) bond motifs is 1. The lowest BCUT2D eigenvalue weighted by molar-refractivity contribution is 0.109. The zero-order valence-corrected chi connectivity index (χ0v) is 19.0. The van der Waals surface area contributed by atoms with E-state index in [1.165, 1.54) is 10.6 Å². The summed E-state index contributed by atoms with van der Waals surface area (Å²) in [6.07, 6.45) is 2.28. The molecule has 1 atom stereocenters. The number of hydrogen-bond donors (Lipinski definition) is 1. The second-order valence-electron chi connectivity index (χ2n) is 8.33. The molecule has 0 amide bonds. The van der Waals surface area contributed by atoms with E-state index in [0.717, 1.165) is 67.3 Å². The van der Waals surface area contributed by atoms with Gasteiger partial charge >= 0.3 is 0 Å². The number of benzene rings is 2. The molecule has 0 aromatic heterocycles. The number of aliphatic hydroxyl groups is 1. The fraction of sp³-hybridized carbons (Fsp3) is 0.478. The average Bonchev–Trinajstić information content (AvgIpc) is 2.78. The highest BCUT2D eigenvalue weighted by Gasteiger charge is 2.26. The van der Waals surface area contributed by atoms with Crippen molar-refractivity contribution in [3.05, 3.63) is 53.6 Å². The summed E-state index contributed by atoms with van der Waals surface area (Å²) in [6.45, 7) is 4.63. The number of ether oxygens (including phenoxy) is 1. The first-order valence-corrected chi connectivity index (χ1v) is 12.6. The lowest BCUT2D eigenvalue weighted by Gasteiger charge is -2.37. The van der Waals surface area contributed by atoms with Crippen LogP contribution in [0.3, 0.4) is 0 Å². The third kappa shape index (κ3) is 4.97. The van der Waals surface area contributed by atoms with Crippen molar-refractivity contribution >= 4 is 21.4 Å². The second kappa shape index (κ2) is 9.06. The molecule has 31 heavy (non-hydrogen) atoms. The Morgan fingerprint density at radius 3 is 2.55 bits per heavy atom. The average molecular weight is 446 g/mol. The number of rotatable bonds is 6. The second-order valence-corrected chi connectivity index (χ2v) is 10.2. The molecule has 0 spiro atoms. The van der Waals surface area contributed by atoms with Crippen LogP contribution in [0.5, 0.6) is 5.75 Å². The molecule has 2 heterocycles. The van der Waals surface area contributed by atoms with Gasteiger partial charge in [0.2, 0.25) is 10.0 Å². The molecule has 1 fully saturated rings. The summed E-state index contributed by atoms with van der Waals surface area (Å²) in [7, 11) is -1.60. The number of methoxy groups -OCH3 is 1. The lowest BCUT2D eigenvalue weighted by Crippen LogP contribution is -2.47. The van der Waals surface area contributed by atoms with Gasteiger partial charge in [0.15, 0.2) is 0 Å². The predicted molar refractivity (Wildman–Crippen MR) is 124 cm³/mol. The van der Waals surface area contributed by atoms with Crippen LogP contribution < -0.4 is 13.9 Å². The van der Waals surface area contributed by atoms with Gasteiger partial charge in [-0.15, -0.1) is 0 Å². The molecule has 2 aliphatic rings. The molecular formula is C23H31N3O4S. The molecule has 1 saturated heterocycles. The van der Waals surface area contributed by atoms with Crippen molar-refractivity contribution in [2.45, 2.75) is 18.9 Å². The van der Waals surface area contributed by atoms with E-state index in [-0.39, 0.29) is 0 Å². The third-order valence-corrected chi connectivity index (χ3v) is 7.37. The van der Waals surface area contributed by atoms with E-state index in [4.69, 9.17) is 4.74 Å². The van der Waals surface area contributed by atoms with Crippen molar-refractivity contribution in [1.82, 2.24) is 4.90 Å². The van der Waals surface area contributed by atoms with Crippen molar-refractivity contribution in [3.63, 3.8) is 0 Å². The fourth-order valence-corrected chi connectivity index (χ4v) is 5.48. The van der Waals surface area contributed by atoms with Gasteiger partial charge < -0.3 is 14.7 Å². The third-order valence-electron chi connectivity index (χ3n) is 6.19. The molecule has 2 aliphatic heterocycles. The van der Waals surface area contributed by atoms with Crippen molar-refractivity contribution in [2.24, 2.45) is 0 Å². The Morgan fingerprint density at radius 2 is 1.84 bits per heavy atom. The van der Waals surface area contributed by atoms with Crippen molar-refractivity contribution in [2.75, 3.05) is 61.8 Å². The van der Waals surface area contributed by atoms with Crippen LogP contribution in [0.4, 0.5) is 11.4 Å². The number of anilines is 2. The number of nitrogens with zero attached hydrogens (tertiary/aromatic N) is 3. The Hall–Kier alpha value is -2.29. The van der Waals surface area contributed by atoms with Gasteiger partial charge in [0, 0.05) is 51.0 Å². The van der Waals surface area contributed by atoms with Gasteiger partial charge in [0.05, 0.1) is 25.2 Å². The number of β-amino-alcohol motifs (C(OH)–C–C–N with tert-alkyl or cyclic N) is 1. The normalized spacial score (nSPS) is 18.5. The van der Waals surface area contributed by atoms with Gasteiger partial charge in [0.1, 0.15) is 5.75 Å². The minimum atomic E-state index is -3.28. The molecule has 1 N–H and O–H groups in total. The molecule has 4 rings (SSSR count). The number of hydrogen-bond acceptors (Lipinski definition) is 6. The van der Waals surface area contributed by atoms with Crippen LogP contribution >= 0.6 is 0 Å². The van der Waals surface area contributed by atoms with Crippen LogP contribution in [0, 0.1) is 0 Å². The summed E-state index contributed by atoms with van der Waals surface area (Å²) >= 11 is 0. The highest BCUT2D eigenvalue weighted by atomic mass is 32.2.